The summed E-state index contributed by atoms with van der Waals surface area (Å²) in [5, 5.41) is 54.9. The lowest BCUT2D eigenvalue weighted by Gasteiger charge is -2.17. The first-order valence-electron chi connectivity index (χ1n) is 5.11. The minimum Gasteiger partial charge on any atom is -0.394 e. The second-order valence-electron chi connectivity index (χ2n) is 3.97. The van der Waals surface area contributed by atoms with Crippen LogP contribution in [0.3, 0.4) is 0 Å². The zero-order chi connectivity index (χ0) is 12.3. The molecule has 0 aromatic heterocycles. The summed E-state index contributed by atoms with van der Waals surface area (Å²) < 4.78 is 0. The fourth-order valence-corrected chi connectivity index (χ4v) is 4.46. The first-order chi connectivity index (χ1) is 7.51. The SMILES string of the molecule is OC[C@H](O)[C@H](O)C[S+]1C[C@H](O)[C@@H](O)[C@@H]1CO. The third-order valence-electron chi connectivity index (χ3n) is 2.78. The summed E-state index contributed by atoms with van der Waals surface area (Å²) in [6, 6.07) is 0. The van der Waals surface area contributed by atoms with Crippen LogP contribution in [0.1, 0.15) is 0 Å². The van der Waals surface area contributed by atoms with E-state index in [1.54, 1.807) is 0 Å². The lowest BCUT2D eigenvalue weighted by Crippen LogP contribution is -2.40. The molecule has 16 heavy (non-hydrogen) atoms. The minimum atomic E-state index is -1.22. The molecule has 0 amide bonds. The molecule has 1 aliphatic heterocycles. The fourth-order valence-electron chi connectivity index (χ4n) is 1.74. The number of aliphatic hydroxyl groups excluding tert-OH is 6. The normalized spacial score (nSPS) is 38.6. The zero-order valence-corrected chi connectivity index (χ0v) is 9.62. The van der Waals surface area contributed by atoms with Gasteiger partial charge in [-0.2, -0.15) is 0 Å². The number of hydrogen-bond acceptors (Lipinski definition) is 6. The number of rotatable bonds is 5. The Bertz CT molecular complexity index is 216. The van der Waals surface area contributed by atoms with Gasteiger partial charge in [0.1, 0.15) is 35.9 Å². The van der Waals surface area contributed by atoms with Gasteiger partial charge in [0.05, 0.1) is 13.2 Å². The van der Waals surface area contributed by atoms with Crippen LogP contribution in [0.4, 0.5) is 0 Å². The molecule has 0 aliphatic carbocycles. The monoisotopic (exact) mass is 255 g/mol. The maximum Gasteiger partial charge on any atom is 0.169 e. The molecule has 6 atom stereocenters. The maximum atomic E-state index is 9.54. The molecule has 1 fully saturated rings. The van der Waals surface area contributed by atoms with Crippen molar-refractivity contribution in [3.63, 3.8) is 0 Å². The molecule has 96 valence electrons. The van der Waals surface area contributed by atoms with E-state index in [2.05, 4.69) is 0 Å². The highest BCUT2D eigenvalue weighted by molar-refractivity contribution is 7.97. The van der Waals surface area contributed by atoms with E-state index < -0.39 is 47.2 Å². The van der Waals surface area contributed by atoms with Crippen molar-refractivity contribution in [3.05, 3.63) is 0 Å². The van der Waals surface area contributed by atoms with Gasteiger partial charge in [-0.3, -0.25) is 0 Å². The van der Waals surface area contributed by atoms with Gasteiger partial charge in [0.15, 0.2) is 5.25 Å². The Kier molecular flexibility index (Phi) is 5.45. The Morgan fingerprint density at radius 2 is 1.75 bits per heavy atom. The molecular formula is C9H19O6S+. The minimum absolute atomic E-state index is 0.168. The van der Waals surface area contributed by atoms with Crippen molar-refractivity contribution in [3.8, 4) is 0 Å². The van der Waals surface area contributed by atoms with Crippen LogP contribution in [0.2, 0.25) is 0 Å². The third kappa shape index (κ3) is 3.07. The van der Waals surface area contributed by atoms with Gasteiger partial charge >= 0.3 is 0 Å². The van der Waals surface area contributed by atoms with Crippen LogP contribution < -0.4 is 0 Å². The van der Waals surface area contributed by atoms with E-state index >= 15 is 0 Å². The van der Waals surface area contributed by atoms with E-state index in [1.165, 1.54) is 0 Å². The Hall–Kier alpha value is 0.110. The highest BCUT2D eigenvalue weighted by Gasteiger charge is 2.50. The summed E-state index contributed by atoms with van der Waals surface area (Å²) in [7, 11) is -0.549. The van der Waals surface area contributed by atoms with Crippen molar-refractivity contribution in [2.75, 3.05) is 24.7 Å². The van der Waals surface area contributed by atoms with Gasteiger partial charge in [0, 0.05) is 10.9 Å². The first-order valence-corrected chi connectivity index (χ1v) is 6.74. The second-order valence-corrected chi connectivity index (χ2v) is 6.31. The Morgan fingerprint density at radius 3 is 2.25 bits per heavy atom. The fraction of sp³-hybridized carbons (Fsp3) is 1.00. The number of aliphatic hydroxyl groups is 6. The molecule has 0 bridgehead atoms. The van der Waals surface area contributed by atoms with Crippen LogP contribution in [0.15, 0.2) is 0 Å². The lowest BCUT2D eigenvalue weighted by molar-refractivity contribution is -0.00229. The van der Waals surface area contributed by atoms with Crippen molar-refractivity contribution in [2.24, 2.45) is 0 Å². The third-order valence-corrected chi connectivity index (χ3v) is 5.61. The predicted octanol–water partition coefficient (Wildman–Crippen LogP) is -3.58. The standard InChI is InChI=1S/C9H19O6S/c10-1-5(12)6(13)3-16-4-7(14)9(15)8(16)2-11/h5-15H,1-4H2/q+1/t5-,6+,7-,8-,9+,16?/m0/s1. The van der Waals surface area contributed by atoms with Crippen molar-refractivity contribution in [1.29, 1.82) is 0 Å². The van der Waals surface area contributed by atoms with Gasteiger partial charge in [0.2, 0.25) is 0 Å². The molecule has 1 heterocycles. The van der Waals surface area contributed by atoms with Crippen LogP contribution in [-0.4, -0.2) is 85.0 Å². The average molecular weight is 255 g/mol. The molecule has 0 aromatic carbocycles. The van der Waals surface area contributed by atoms with Crippen LogP contribution in [0, 0.1) is 0 Å². The summed E-state index contributed by atoms with van der Waals surface area (Å²) in [6.07, 6.45) is -4.19. The summed E-state index contributed by atoms with van der Waals surface area (Å²) in [5.74, 6) is 0.475. The van der Waals surface area contributed by atoms with Crippen molar-refractivity contribution in [2.45, 2.75) is 29.7 Å². The van der Waals surface area contributed by atoms with Gasteiger partial charge in [-0.1, -0.05) is 0 Å². The van der Waals surface area contributed by atoms with E-state index in [0.29, 0.717) is 5.75 Å². The Labute approximate surface area is 96.5 Å². The summed E-state index contributed by atoms with van der Waals surface area (Å²) in [6.45, 7) is -0.795. The molecule has 6 N–H and O–H groups in total. The van der Waals surface area contributed by atoms with Crippen LogP contribution in [-0.2, 0) is 10.9 Å². The van der Waals surface area contributed by atoms with E-state index in [4.69, 9.17) is 10.2 Å². The predicted molar refractivity (Wildman–Crippen MR) is 59.1 cm³/mol. The van der Waals surface area contributed by atoms with E-state index in [1.807, 2.05) is 0 Å². The van der Waals surface area contributed by atoms with Crippen LogP contribution >= 0.6 is 0 Å². The zero-order valence-electron chi connectivity index (χ0n) is 8.81. The molecule has 0 radical (unpaired) electrons. The molecule has 0 spiro atoms. The van der Waals surface area contributed by atoms with Gasteiger partial charge < -0.3 is 30.6 Å². The van der Waals surface area contributed by atoms with Crippen molar-refractivity contribution in [1.82, 2.24) is 0 Å². The molecule has 7 heteroatoms. The number of hydrogen-bond donors (Lipinski definition) is 6. The van der Waals surface area contributed by atoms with Crippen molar-refractivity contribution < 1.29 is 30.6 Å². The van der Waals surface area contributed by atoms with Gasteiger partial charge in [0.25, 0.3) is 0 Å². The van der Waals surface area contributed by atoms with Crippen molar-refractivity contribution >= 4 is 10.9 Å². The molecular weight excluding hydrogens is 236 g/mol. The van der Waals surface area contributed by atoms with E-state index in [0.717, 1.165) is 0 Å². The lowest BCUT2D eigenvalue weighted by atomic mass is 10.2. The molecule has 0 aromatic rings. The summed E-state index contributed by atoms with van der Waals surface area (Å²) >= 11 is 0. The Morgan fingerprint density at radius 1 is 1.12 bits per heavy atom. The first kappa shape index (κ1) is 14.2. The molecule has 1 aliphatic rings. The molecule has 1 unspecified atom stereocenters. The molecule has 6 nitrogen and oxygen atoms in total. The van der Waals surface area contributed by atoms with Crippen LogP contribution in [0.25, 0.3) is 0 Å². The summed E-state index contributed by atoms with van der Waals surface area (Å²) in [5.41, 5.74) is 0. The Balaban J connectivity index is 2.53. The second kappa shape index (κ2) is 6.15. The quantitative estimate of drug-likeness (QED) is 0.282. The highest BCUT2D eigenvalue weighted by Crippen LogP contribution is 2.24. The van der Waals surface area contributed by atoms with Gasteiger partial charge in [-0.05, 0) is 0 Å². The van der Waals surface area contributed by atoms with Gasteiger partial charge in [-0.15, -0.1) is 0 Å². The molecule has 1 saturated heterocycles. The summed E-state index contributed by atoms with van der Waals surface area (Å²) in [4.78, 5) is 0. The molecule has 0 saturated carbocycles. The topological polar surface area (TPSA) is 121 Å². The van der Waals surface area contributed by atoms with Gasteiger partial charge in [-0.25, -0.2) is 0 Å². The van der Waals surface area contributed by atoms with E-state index in [9.17, 15) is 20.4 Å². The molecule has 1 rings (SSSR count). The smallest absolute Gasteiger partial charge is 0.169 e. The largest absolute Gasteiger partial charge is 0.394 e. The highest BCUT2D eigenvalue weighted by atomic mass is 32.2. The average Bonchev–Trinajstić information content (AvgIpc) is 2.53. The van der Waals surface area contributed by atoms with E-state index in [-0.39, 0.29) is 12.4 Å². The van der Waals surface area contributed by atoms with Crippen LogP contribution in [0.5, 0.6) is 0 Å². The maximum absolute atomic E-state index is 9.54.